The first-order valence-electron chi connectivity index (χ1n) is 6.70. The second kappa shape index (κ2) is 6.50. The third-order valence-electron chi connectivity index (χ3n) is 3.66. The zero-order valence-corrected chi connectivity index (χ0v) is 13.1. The van der Waals surface area contributed by atoms with Gasteiger partial charge in [-0.15, -0.1) is 11.8 Å². The minimum atomic E-state index is -0.915. The number of rotatable bonds is 4. The molecular weight excluding hydrogens is 264 g/mol. The molecule has 0 radical (unpaired) electrons. The number of urea groups is 1. The van der Waals surface area contributed by atoms with E-state index < -0.39 is 12.0 Å². The number of nitrogens with zero attached hydrogens (tertiary/aromatic N) is 2. The van der Waals surface area contributed by atoms with Crippen molar-refractivity contribution in [3.05, 3.63) is 0 Å². The van der Waals surface area contributed by atoms with Crippen molar-refractivity contribution in [3.63, 3.8) is 0 Å². The molecule has 110 valence electrons. The van der Waals surface area contributed by atoms with E-state index in [2.05, 4.69) is 0 Å². The molecule has 3 atom stereocenters. The maximum absolute atomic E-state index is 12.6. The van der Waals surface area contributed by atoms with Crippen LogP contribution in [0.3, 0.4) is 0 Å². The van der Waals surface area contributed by atoms with E-state index >= 15 is 0 Å². The summed E-state index contributed by atoms with van der Waals surface area (Å²) in [6.45, 7) is 8.03. The largest absolute Gasteiger partial charge is 0.480 e. The zero-order valence-electron chi connectivity index (χ0n) is 12.3. The van der Waals surface area contributed by atoms with Gasteiger partial charge in [0.25, 0.3) is 0 Å². The lowest BCUT2D eigenvalue weighted by Gasteiger charge is -2.35. The molecule has 3 unspecified atom stereocenters. The Bertz CT molecular complexity index is 349. The van der Waals surface area contributed by atoms with Gasteiger partial charge in [0, 0.05) is 18.8 Å². The monoisotopic (exact) mass is 288 g/mol. The van der Waals surface area contributed by atoms with E-state index in [1.807, 2.05) is 27.7 Å². The molecule has 0 aliphatic carbocycles. The number of aliphatic carboxylic acids is 1. The minimum Gasteiger partial charge on any atom is -0.480 e. The second-order valence-electron chi connectivity index (χ2n) is 5.38. The molecule has 6 heteroatoms. The van der Waals surface area contributed by atoms with Crippen molar-refractivity contribution < 1.29 is 14.7 Å². The van der Waals surface area contributed by atoms with Gasteiger partial charge in [0.2, 0.25) is 0 Å². The molecule has 1 rings (SSSR count). The van der Waals surface area contributed by atoms with Crippen molar-refractivity contribution in [3.8, 4) is 0 Å². The molecule has 0 aromatic heterocycles. The highest BCUT2D eigenvalue weighted by Crippen LogP contribution is 2.35. The molecule has 1 fully saturated rings. The van der Waals surface area contributed by atoms with E-state index in [1.54, 1.807) is 28.6 Å². The molecule has 0 bridgehead atoms. The van der Waals surface area contributed by atoms with E-state index in [4.69, 9.17) is 0 Å². The lowest BCUT2D eigenvalue weighted by molar-refractivity contribution is -0.141. The molecule has 0 aromatic carbocycles. The van der Waals surface area contributed by atoms with Crippen LogP contribution in [0.15, 0.2) is 0 Å². The minimum absolute atomic E-state index is 0.0555. The molecule has 1 N–H and O–H groups in total. The summed E-state index contributed by atoms with van der Waals surface area (Å²) >= 11 is 1.56. The van der Waals surface area contributed by atoms with Crippen molar-refractivity contribution in [2.24, 2.45) is 5.92 Å². The number of carboxylic acids is 1. The van der Waals surface area contributed by atoms with Gasteiger partial charge in [-0.3, -0.25) is 4.90 Å². The van der Waals surface area contributed by atoms with Gasteiger partial charge in [-0.2, -0.15) is 0 Å². The zero-order chi connectivity index (χ0) is 14.7. The highest BCUT2D eigenvalue weighted by Gasteiger charge is 2.44. The molecule has 2 amide bonds. The van der Waals surface area contributed by atoms with Gasteiger partial charge in [0.1, 0.15) is 6.04 Å². The van der Waals surface area contributed by atoms with Crippen LogP contribution in [-0.4, -0.2) is 57.2 Å². The van der Waals surface area contributed by atoms with Crippen LogP contribution >= 0.6 is 11.8 Å². The van der Waals surface area contributed by atoms with Gasteiger partial charge in [-0.05, 0) is 19.3 Å². The smallest absolute Gasteiger partial charge is 0.327 e. The number of hydrogen-bond donors (Lipinski definition) is 1. The summed E-state index contributed by atoms with van der Waals surface area (Å²) in [6, 6.07) is -0.776. The number of carbonyl (C=O) groups is 2. The maximum atomic E-state index is 12.6. The topological polar surface area (TPSA) is 60.9 Å². The lowest BCUT2D eigenvalue weighted by atomic mass is 10.1. The van der Waals surface area contributed by atoms with E-state index in [9.17, 15) is 14.7 Å². The van der Waals surface area contributed by atoms with Gasteiger partial charge in [0.05, 0.1) is 5.37 Å². The number of carbonyl (C=O) groups excluding carboxylic acids is 1. The highest BCUT2D eigenvalue weighted by molar-refractivity contribution is 8.00. The summed E-state index contributed by atoms with van der Waals surface area (Å²) in [4.78, 5) is 27.1. The Balaban J connectivity index is 2.95. The Kier molecular flexibility index (Phi) is 5.52. The number of hydrogen-bond acceptors (Lipinski definition) is 3. The first-order valence-corrected chi connectivity index (χ1v) is 7.75. The third-order valence-corrected chi connectivity index (χ3v) is 5.29. The van der Waals surface area contributed by atoms with Crippen LogP contribution in [0.25, 0.3) is 0 Å². The summed E-state index contributed by atoms with van der Waals surface area (Å²) in [5.74, 6) is -0.205. The molecule has 19 heavy (non-hydrogen) atoms. The Morgan fingerprint density at radius 2 is 2.00 bits per heavy atom. The summed E-state index contributed by atoms with van der Waals surface area (Å²) in [6.07, 6.45) is 0.854. The second-order valence-corrected chi connectivity index (χ2v) is 6.53. The van der Waals surface area contributed by atoms with Gasteiger partial charge in [-0.1, -0.05) is 20.8 Å². The van der Waals surface area contributed by atoms with Crippen molar-refractivity contribution in [2.75, 3.05) is 12.8 Å². The fourth-order valence-electron chi connectivity index (χ4n) is 2.12. The maximum Gasteiger partial charge on any atom is 0.327 e. The molecule has 0 aromatic rings. The van der Waals surface area contributed by atoms with E-state index in [0.29, 0.717) is 5.75 Å². The average molecular weight is 288 g/mol. The fraction of sp³-hybridized carbons (Fsp3) is 0.846. The van der Waals surface area contributed by atoms with Crippen LogP contribution in [-0.2, 0) is 4.79 Å². The van der Waals surface area contributed by atoms with Crippen molar-refractivity contribution in [2.45, 2.75) is 51.6 Å². The fourth-order valence-corrected chi connectivity index (χ4v) is 3.58. The molecule has 5 nitrogen and oxygen atoms in total. The van der Waals surface area contributed by atoms with Crippen LogP contribution in [0.4, 0.5) is 4.79 Å². The number of amides is 2. The van der Waals surface area contributed by atoms with E-state index in [1.165, 1.54) is 0 Å². The summed E-state index contributed by atoms with van der Waals surface area (Å²) in [5.41, 5.74) is 0. The van der Waals surface area contributed by atoms with Crippen LogP contribution in [0, 0.1) is 5.92 Å². The standard InChI is InChI=1S/C13H24N2O3S/c1-6-9(4)14(5)13(18)15-10(12(16)17)7-19-11(15)8(2)3/h8-11H,6-7H2,1-5H3,(H,16,17). The molecule has 1 aliphatic heterocycles. The predicted molar refractivity (Wildman–Crippen MR) is 77.3 cm³/mol. The van der Waals surface area contributed by atoms with Crippen molar-refractivity contribution in [1.29, 1.82) is 0 Å². The quantitative estimate of drug-likeness (QED) is 0.862. The molecule has 0 spiro atoms. The van der Waals surface area contributed by atoms with Crippen molar-refractivity contribution >= 4 is 23.8 Å². The summed E-state index contributed by atoms with van der Waals surface area (Å²) in [7, 11) is 1.75. The van der Waals surface area contributed by atoms with Gasteiger partial charge in [0.15, 0.2) is 0 Å². The Hall–Kier alpha value is -0.910. The number of carboxylic acid groups (broad SMARTS) is 1. The predicted octanol–water partition coefficient (Wildman–Crippen LogP) is 2.32. The Morgan fingerprint density at radius 1 is 1.42 bits per heavy atom. The normalized spacial score (nSPS) is 24.6. The SMILES string of the molecule is CCC(C)N(C)C(=O)N1C(C(=O)O)CSC1C(C)C. The third kappa shape index (κ3) is 3.35. The Morgan fingerprint density at radius 3 is 2.42 bits per heavy atom. The van der Waals surface area contributed by atoms with Gasteiger partial charge < -0.3 is 10.0 Å². The van der Waals surface area contributed by atoms with Crippen molar-refractivity contribution in [1.82, 2.24) is 9.80 Å². The molecule has 1 aliphatic rings. The van der Waals surface area contributed by atoms with Crippen LogP contribution in [0.1, 0.15) is 34.1 Å². The summed E-state index contributed by atoms with van der Waals surface area (Å²) < 4.78 is 0. The first kappa shape index (κ1) is 16.1. The van der Waals surface area contributed by atoms with Gasteiger partial charge in [-0.25, -0.2) is 9.59 Å². The van der Waals surface area contributed by atoms with Crippen LogP contribution < -0.4 is 0 Å². The average Bonchev–Trinajstić information content (AvgIpc) is 2.80. The lowest BCUT2D eigenvalue weighted by Crippen LogP contribution is -2.53. The van der Waals surface area contributed by atoms with E-state index in [-0.39, 0.29) is 23.4 Å². The number of thioether (sulfide) groups is 1. The molecule has 0 saturated carbocycles. The van der Waals surface area contributed by atoms with E-state index in [0.717, 1.165) is 6.42 Å². The van der Waals surface area contributed by atoms with Crippen LogP contribution in [0.5, 0.6) is 0 Å². The highest BCUT2D eigenvalue weighted by atomic mass is 32.2. The molecule has 1 saturated heterocycles. The Labute approximate surface area is 119 Å². The molecule has 1 heterocycles. The van der Waals surface area contributed by atoms with Gasteiger partial charge >= 0.3 is 12.0 Å². The summed E-state index contributed by atoms with van der Waals surface area (Å²) in [5, 5.41) is 9.23. The first-order chi connectivity index (χ1) is 8.81. The van der Waals surface area contributed by atoms with Crippen LogP contribution in [0.2, 0.25) is 0 Å². The molecular formula is C13H24N2O3S.